The number of likely N-dealkylation sites (tertiary alicyclic amines) is 1. The molecule has 2 heterocycles. The summed E-state index contributed by atoms with van der Waals surface area (Å²) in [7, 11) is 0. The molecule has 2 bridgehead atoms. The molecule has 4 aliphatic carbocycles. The minimum Gasteiger partial charge on any atom is -0.508 e. The minimum atomic E-state index is -1.25. The monoisotopic (exact) mass is 466 g/mol. The van der Waals surface area contributed by atoms with Crippen LogP contribution in [0.2, 0.25) is 0 Å². The third kappa shape index (κ3) is 2.68. The number of phenols is 1. The number of aromatic hydroxyl groups is 1. The van der Waals surface area contributed by atoms with Gasteiger partial charge in [0.2, 0.25) is 0 Å². The molecule has 1 saturated heterocycles. The molecule has 7 heteroatoms. The van der Waals surface area contributed by atoms with Gasteiger partial charge in [-0.25, -0.2) is 0 Å². The molecule has 0 unspecified atom stereocenters. The zero-order valence-corrected chi connectivity index (χ0v) is 19.6. The van der Waals surface area contributed by atoms with Gasteiger partial charge >= 0.3 is 0 Å². The normalized spacial score (nSPS) is 36.7. The number of nitrogens with zero attached hydrogens (tertiary/aromatic N) is 1. The number of aliphatic hydroxyl groups is 2. The molecule has 2 aliphatic heterocycles. The van der Waals surface area contributed by atoms with Crippen LogP contribution >= 0.6 is 0 Å². The van der Waals surface area contributed by atoms with E-state index in [4.69, 9.17) is 4.74 Å². The van der Waals surface area contributed by atoms with Crippen molar-refractivity contribution in [1.29, 1.82) is 0 Å². The van der Waals surface area contributed by atoms with E-state index < -0.39 is 17.1 Å². The van der Waals surface area contributed by atoms with Crippen molar-refractivity contribution >= 4 is 5.91 Å². The van der Waals surface area contributed by atoms with Gasteiger partial charge < -0.3 is 25.4 Å². The number of hydrogen-bond donors (Lipinski definition) is 4. The molecule has 0 aromatic heterocycles. The Balaban J connectivity index is 1.34. The number of ether oxygens (including phenoxy) is 1. The zero-order chi connectivity index (χ0) is 23.2. The van der Waals surface area contributed by atoms with Crippen molar-refractivity contribution < 1.29 is 24.9 Å². The number of hydrogen-bond acceptors (Lipinski definition) is 6. The Bertz CT molecular complexity index is 1090. The fraction of sp³-hybridized carbons (Fsp3) is 0.667. The molecular weight excluding hydrogens is 432 g/mol. The van der Waals surface area contributed by atoms with E-state index in [9.17, 15) is 20.1 Å². The predicted molar refractivity (Wildman–Crippen MR) is 125 cm³/mol. The van der Waals surface area contributed by atoms with Crippen molar-refractivity contribution in [3.8, 4) is 11.5 Å². The number of aliphatic hydroxyl groups excluding tert-OH is 1. The third-order valence-corrected chi connectivity index (χ3v) is 9.73. The predicted octanol–water partition coefficient (Wildman–Crippen LogP) is 2.83. The Morgan fingerprint density at radius 2 is 1.94 bits per heavy atom. The average molecular weight is 467 g/mol. The van der Waals surface area contributed by atoms with E-state index in [1.165, 1.54) is 19.3 Å². The van der Waals surface area contributed by atoms with E-state index in [1.54, 1.807) is 6.07 Å². The highest BCUT2D eigenvalue weighted by Gasteiger charge is 2.73. The van der Waals surface area contributed by atoms with E-state index in [1.807, 2.05) is 6.07 Å². The number of carbonyl (C=O) groups is 1. The molecule has 7 nitrogen and oxygen atoms in total. The summed E-state index contributed by atoms with van der Waals surface area (Å²) in [4.78, 5) is 15.9. The van der Waals surface area contributed by atoms with Crippen LogP contribution in [0.25, 0.3) is 0 Å². The summed E-state index contributed by atoms with van der Waals surface area (Å²) in [6, 6.07) is 3.56. The third-order valence-electron chi connectivity index (χ3n) is 9.73. The Morgan fingerprint density at radius 3 is 2.71 bits per heavy atom. The van der Waals surface area contributed by atoms with Crippen LogP contribution in [-0.4, -0.2) is 63.0 Å². The topological polar surface area (TPSA) is 102 Å². The summed E-state index contributed by atoms with van der Waals surface area (Å²) < 4.78 is 6.27. The summed E-state index contributed by atoms with van der Waals surface area (Å²) in [5.41, 5.74) is 0.0807. The van der Waals surface area contributed by atoms with Gasteiger partial charge in [0, 0.05) is 30.6 Å². The molecule has 1 aromatic carbocycles. The van der Waals surface area contributed by atoms with Crippen molar-refractivity contribution in [2.45, 2.75) is 93.4 Å². The van der Waals surface area contributed by atoms with E-state index in [0.29, 0.717) is 24.5 Å². The largest absolute Gasteiger partial charge is 0.508 e. The van der Waals surface area contributed by atoms with Crippen molar-refractivity contribution in [2.24, 2.45) is 5.92 Å². The van der Waals surface area contributed by atoms with E-state index in [-0.39, 0.29) is 41.5 Å². The molecule has 1 amide bonds. The first-order chi connectivity index (χ1) is 16.4. The lowest BCUT2D eigenvalue weighted by Crippen LogP contribution is -2.75. The number of piperidine rings is 1. The Morgan fingerprint density at radius 1 is 1.15 bits per heavy atom. The molecule has 1 spiro atoms. The maximum absolute atomic E-state index is 13.5. The van der Waals surface area contributed by atoms with Crippen molar-refractivity contribution in [3.63, 3.8) is 0 Å². The quantitative estimate of drug-likeness (QED) is 0.544. The Labute approximate surface area is 199 Å². The maximum Gasteiger partial charge on any atom is 0.251 e. The zero-order valence-electron chi connectivity index (χ0n) is 19.6. The molecule has 34 heavy (non-hydrogen) atoms. The lowest BCUT2D eigenvalue weighted by Gasteiger charge is -2.62. The second kappa shape index (κ2) is 7.14. The van der Waals surface area contributed by atoms with Crippen LogP contribution < -0.4 is 10.1 Å². The van der Waals surface area contributed by atoms with E-state index >= 15 is 0 Å². The second-order valence-corrected chi connectivity index (χ2v) is 11.6. The first-order valence-electron chi connectivity index (χ1n) is 13.1. The summed E-state index contributed by atoms with van der Waals surface area (Å²) in [6.07, 6.45) is 8.32. The van der Waals surface area contributed by atoms with Crippen LogP contribution in [0.1, 0.15) is 68.9 Å². The van der Waals surface area contributed by atoms with E-state index in [0.717, 1.165) is 49.9 Å². The highest BCUT2D eigenvalue weighted by Crippen LogP contribution is 2.66. The summed E-state index contributed by atoms with van der Waals surface area (Å²) in [5.74, 6) is 0.733. The number of phenolic OH excluding ortho intramolecular Hbond substituents is 1. The molecule has 4 N–H and O–H groups in total. The molecule has 1 aromatic rings. The van der Waals surface area contributed by atoms with Crippen LogP contribution in [0.4, 0.5) is 0 Å². The van der Waals surface area contributed by atoms with Gasteiger partial charge in [0.15, 0.2) is 17.6 Å². The molecule has 4 atom stereocenters. The standard InChI is InChI=1S/C27H34N2O5/c30-19-9-8-16-12-20-27(33)13-18(25(32)28-17-4-2-1-3-5-17)22(31)24-26(27,21(16)23(19)34-24)10-11-29(20)14-15-6-7-15/h8-9,15,17,20,24,30-31,33H,1-7,10-14H2,(H,28,32)/t20-,24+,26+,27-/m1/s1. The van der Waals surface area contributed by atoms with Gasteiger partial charge in [0.05, 0.1) is 16.6 Å². The SMILES string of the molecule is O=C(NC1CCCCC1)C1=C(O)[C@@H]2Oc3c(O)ccc4c3[C@@]23CCN(CC2CC2)[C@H](C4)[C@]3(O)C1. The molecule has 7 rings (SSSR count). The molecular formula is C27H34N2O5. The van der Waals surface area contributed by atoms with Crippen LogP contribution in [-0.2, 0) is 16.6 Å². The first kappa shape index (κ1) is 21.1. The van der Waals surface area contributed by atoms with Gasteiger partial charge in [-0.1, -0.05) is 25.3 Å². The summed E-state index contributed by atoms with van der Waals surface area (Å²) in [6.45, 7) is 1.78. The van der Waals surface area contributed by atoms with Gasteiger partial charge in [-0.3, -0.25) is 9.69 Å². The average Bonchev–Trinajstić information content (AvgIpc) is 3.56. The number of amides is 1. The number of rotatable bonds is 4. The van der Waals surface area contributed by atoms with E-state index in [2.05, 4.69) is 10.2 Å². The maximum atomic E-state index is 13.5. The molecule has 2 saturated carbocycles. The van der Waals surface area contributed by atoms with Crippen LogP contribution in [0.15, 0.2) is 23.5 Å². The molecule has 0 radical (unpaired) electrons. The number of nitrogens with one attached hydrogen (secondary N) is 1. The fourth-order valence-corrected chi connectivity index (χ4v) is 7.89. The highest BCUT2D eigenvalue weighted by molar-refractivity contribution is 5.95. The molecule has 6 aliphatic rings. The fourth-order valence-electron chi connectivity index (χ4n) is 7.89. The van der Waals surface area contributed by atoms with Gasteiger partial charge in [-0.2, -0.15) is 0 Å². The van der Waals surface area contributed by atoms with Gasteiger partial charge in [-0.15, -0.1) is 0 Å². The lowest BCUT2D eigenvalue weighted by molar-refractivity contribution is -0.172. The van der Waals surface area contributed by atoms with Gasteiger partial charge in [0.25, 0.3) is 5.91 Å². The van der Waals surface area contributed by atoms with Crippen LogP contribution in [0.3, 0.4) is 0 Å². The first-order valence-corrected chi connectivity index (χ1v) is 13.1. The van der Waals surface area contributed by atoms with Crippen molar-refractivity contribution in [1.82, 2.24) is 10.2 Å². The Hall–Kier alpha value is -2.25. The smallest absolute Gasteiger partial charge is 0.251 e. The molecule has 3 fully saturated rings. The summed E-state index contributed by atoms with van der Waals surface area (Å²) >= 11 is 0. The van der Waals surface area contributed by atoms with Crippen molar-refractivity contribution in [3.05, 3.63) is 34.6 Å². The Kier molecular flexibility index (Phi) is 4.42. The summed E-state index contributed by atoms with van der Waals surface area (Å²) in [5, 5.41) is 37.9. The van der Waals surface area contributed by atoms with Crippen LogP contribution in [0.5, 0.6) is 11.5 Å². The lowest BCUT2D eigenvalue weighted by atomic mass is 9.49. The second-order valence-electron chi connectivity index (χ2n) is 11.6. The van der Waals surface area contributed by atoms with Gasteiger partial charge in [-0.05, 0) is 62.6 Å². The molecule has 182 valence electrons. The van der Waals surface area contributed by atoms with Gasteiger partial charge in [0.1, 0.15) is 5.76 Å². The van der Waals surface area contributed by atoms with Crippen LogP contribution in [0, 0.1) is 5.92 Å². The van der Waals surface area contributed by atoms with Crippen molar-refractivity contribution in [2.75, 3.05) is 13.1 Å². The number of carbonyl (C=O) groups excluding carboxylic acids is 1. The number of benzene rings is 1. The highest BCUT2D eigenvalue weighted by atomic mass is 16.5. The minimum absolute atomic E-state index is 0.0322.